The zero-order valence-electron chi connectivity index (χ0n) is 14.5. The molecule has 2 aromatic rings. The lowest BCUT2D eigenvalue weighted by Gasteiger charge is -2.28. The molecule has 0 aromatic heterocycles. The van der Waals surface area contributed by atoms with E-state index in [4.69, 9.17) is 11.6 Å². The van der Waals surface area contributed by atoms with E-state index in [1.54, 1.807) is 12.1 Å². The van der Waals surface area contributed by atoms with E-state index in [0.717, 1.165) is 18.8 Å². The largest absolute Gasteiger partial charge is 0.372 e. The Labute approximate surface area is 162 Å². The molecule has 138 valence electrons. The summed E-state index contributed by atoms with van der Waals surface area (Å²) >= 11 is 7.34. The van der Waals surface area contributed by atoms with Gasteiger partial charge in [0.15, 0.2) is 0 Å². The molecule has 6 heteroatoms. The van der Waals surface area contributed by atoms with Crippen molar-refractivity contribution in [3.8, 4) is 0 Å². The molecular weight excluding hydrogens is 371 g/mol. The van der Waals surface area contributed by atoms with Crippen molar-refractivity contribution in [3.05, 3.63) is 58.9 Å². The summed E-state index contributed by atoms with van der Waals surface area (Å²) in [7, 11) is 0. The fourth-order valence-corrected chi connectivity index (χ4v) is 4.19. The summed E-state index contributed by atoms with van der Waals surface area (Å²) in [5, 5.41) is 3.28. The van der Waals surface area contributed by atoms with Crippen molar-refractivity contribution in [2.24, 2.45) is 0 Å². The first kappa shape index (κ1) is 19.1. The Morgan fingerprint density at radius 3 is 2.54 bits per heavy atom. The Kier molecular flexibility index (Phi) is 6.80. The zero-order valence-corrected chi connectivity index (χ0v) is 16.1. The zero-order chi connectivity index (χ0) is 18.4. The van der Waals surface area contributed by atoms with Crippen LogP contribution >= 0.6 is 23.4 Å². The van der Waals surface area contributed by atoms with Crippen molar-refractivity contribution in [1.82, 2.24) is 0 Å². The average Bonchev–Trinajstić information content (AvgIpc) is 2.65. The number of halogens is 2. The third-order valence-electron chi connectivity index (χ3n) is 4.41. The van der Waals surface area contributed by atoms with Gasteiger partial charge in [0, 0.05) is 40.8 Å². The maximum Gasteiger partial charge on any atom is 0.234 e. The molecular formula is C20H22ClFN2OS. The number of amides is 1. The van der Waals surface area contributed by atoms with Crippen molar-refractivity contribution in [1.29, 1.82) is 0 Å². The van der Waals surface area contributed by atoms with Crippen LogP contribution in [-0.4, -0.2) is 24.7 Å². The standard InChI is InChI=1S/C20H22ClFN2OS/c21-18-5-4-6-19(22)17(18)13-26-14-20(25)23-15-7-9-16(10-8-15)24-11-2-1-3-12-24/h4-10H,1-3,11-14H2,(H,23,25). The molecule has 2 aromatic carbocycles. The first-order valence-electron chi connectivity index (χ1n) is 8.79. The molecule has 0 atom stereocenters. The van der Waals surface area contributed by atoms with E-state index in [1.165, 1.54) is 42.8 Å². The number of nitrogens with zero attached hydrogens (tertiary/aromatic N) is 1. The molecule has 1 heterocycles. The number of carbonyl (C=O) groups is 1. The maximum absolute atomic E-state index is 13.7. The number of thioether (sulfide) groups is 1. The molecule has 3 nitrogen and oxygen atoms in total. The van der Waals surface area contributed by atoms with Gasteiger partial charge in [0.1, 0.15) is 5.82 Å². The Balaban J connectivity index is 1.47. The molecule has 1 aliphatic heterocycles. The Hall–Kier alpha value is -1.72. The first-order chi connectivity index (χ1) is 12.6. The van der Waals surface area contributed by atoms with Gasteiger partial charge in [-0.25, -0.2) is 4.39 Å². The van der Waals surface area contributed by atoms with Crippen molar-refractivity contribution in [3.63, 3.8) is 0 Å². The van der Waals surface area contributed by atoms with Gasteiger partial charge in [0.05, 0.1) is 5.75 Å². The van der Waals surface area contributed by atoms with E-state index >= 15 is 0 Å². The van der Waals surface area contributed by atoms with Crippen LogP contribution in [0, 0.1) is 5.82 Å². The minimum absolute atomic E-state index is 0.104. The van der Waals surface area contributed by atoms with Crippen LogP contribution in [0.3, 0.4) is 0 Å². The Morgan fingerprint density at radius 1 is 1.12 bits per heavy atom. The number of carbonyl (C=O) groups excluding carboxylic acids is 1. The van der Waals surface area contributed by atoms with Gasteiger partial charge in [-0.05, 0) is 55.7 Å². The van der Waals surface area contributed by atoms with Gasteiger partial charge in [-0.15, -0.1) is 11.8 Å². The Morgan fingerprint density at radius 2 is 1.85 bits per heavy atom. The van der Waals surface area contributed by atoms with Crippen LogP contribution in [-0.2, 0) is 10.5 Å². The molecule has 1 saturated heterocycles. The fourth-order valence-electron chi connectivity index (χ4n) is 3.02. The highest BCUT2D eigenvalue weighted by Crippen LogP contribution is 2.24. The summed E-state index contributed by atoms with van der Waals surface area (Å²) in [4.78, 5) is 14.5. The van der Waals surface area contributed by atoms with Gasteiger partial charge >= 0.3 is 0 Å². The summed E-state index contributed by atoms with van der Waals surface area (Å²) in [5.74, 6) is 0.178. The van der Waals surface area contributed by atoms with E-state index in [0.29, 0.717) is 16.3 Å². The van der Waals surface area contributed by atoms with Gasteiger partial charge in [-0.3, -0.25) is 4.79 Å². The van der Waals surface area contributed by atoms with Gasteiger partial charge < -0.3 is 10.2 Å². The molecule has 1 N–H and O–H groups in total. The molecule has 1 fully saturated rings. The number of nitrogens with one attached hydrogen (secondary N) is 1. The predicted octanol–water partition coefficient (Wildman–Crippen LogP) is 5.34. The second kappa shape index (κ2) is 9.28. The molecule has 1 aliphatic rings. The van der Waals surface area contributed by atoms with Crippen LogP contribution < -0.4 is 10.2 Å². The lowest BCUT2D eigenvalue weighted by Crippen LogP contribution is -2.29. The summed E-state index contributed by atoms with van der Waals surface area (Å²) in [5.41, 5.74) is 2.42. The van der Waals surface area contributed by atoms with Gasteiger partial charge in [0.25, 0.3) is 0 Å². The molecule has 1 amide bonds. The highest BCUT2D eigenvalue weighted by atomic mass is 35.5. The third kappa shape index (κ3) is 5.15. The SMILES string of the molecule is O=C(CSCc1c(F)cccc1Cl)Nc1ccc(N2CCCCC2)cc1. The molecule has 0 radical (unpaired) electrons. The summed E-state index contributed by atoms with van der Waals surface area (Å²) < 4.78 is 13.7. The minimum Gasteiger partial charge on any atom is -0.372 e. The summed E-state index contributed by atoms with van der Waals surface area (Å²) in [6, 6.07) is 12.6. The molecule has 0 unspecified atom stereocenters. The second-order valence-corrected chi connectivity index (χ2v) is 7.73. The van der Waals surface area contributed by atoms with E-state index in [-0.39, 0.29) is 17.5 Å². The monoisotopic (exact) mass is 392 g/mol. The normalized spacial score (nSPS) is 14.3. The van der Waals surface area contributed by atoms with Crippen LogP contribution in [0.5, 0.6) is 0 Å². The number of benzene rings is 2. The predicted molar refractivity (Wildman–Crippen MR) is 109 cm³/mol. The van der Waals surface area contributed by atoms with Crippen molar-refractivity contribution in [2.45, 2.75) is 25.0 Å². The maximum atomic E-state index is 13.7. The molecule has 0 aliphatic carbocycles. The molecule has 3 rings (SSSR count). The smallest absolute Gasteiger partial charge is 0.234 e. The van der Waals surface area contributed by atoms with Gasteiger partial charge in [-0.2, -0.15) is 0 Å². The second-order valence-electron chi connectivity index (χ2n) is 6.34. The number of piperidine rings is 1. The number of hydrogen-bond donors (Lipinski definition) is 1. The van der Waals surface area contributed by atoms with Gasteiger partial charge in [-0.1, -0.05) is 17.7 Å². The summed E-state index contributed by atoms with van der Waals surface area (Å²) in [6.45, 7) is 2.20. The molecule has 26 heavy (non-hydrogen) atoms. The molecule has 0 bridgehead atoms. The highest BCUT2D eigenvalue weighted by Gasteiger charge is 2.11. The van der Waals surface area contributed by atoms with Gasteiger partial charge in [0.2, 0.25) is 5.91 Å². The molecule has 0 saturated carbocycles. The van der Waals surface area contributed by atoms with Crippen molar-refractivity contribution >= 4 is 40.6 Å². The van der Waals surface area contributed by atoms with Crippen LogP contribution in [0.15, 0.2) is 42.5 Å². The van der Waals surface area contributed by atoms with Crippen molar-refractivity contribution < 1.29 is 9.18 Å². The topological polar surface area (TPSA) is 32.3 Å². The summed E-state index contributed by atoms with van der Waals surface area (Å²) in [6.07, 6.45) is 3.78. The van der Waals surface area contributed by atoms with E-state index in [9.17, 15) is 9.18 Å². The minimum atomic E-state index is -0.335. The Bertz CT molecular complexity index is 728. The average molecular weight is 393 g/mol. The van der Waals surface area contributed by atoms with E-state index in [2.05, 4.69) is 10.2 Å². The third-order valence-corrected chi connectivity index (χ3v) is 5.73. The lowest BCUT2D eigenvalue weighted by molar-refractivity contribution is -0.113. The fraction of sp³-hybridized carbons (Fsp3) is 0.350. The highest BCUT2D eigenvalue weighted by molar-refractivity contribution is 7.99. The first-order valence-corrected chi connectivity index (χ1v) is 10.3. The van der Waals surface area contributed by atoms with Crippen LogP contribution in [0.25, 0.3) is 0 Å². The van der Waals surface area contributed by atoms with Crippen LogP contribution in [0.2, 0.25) is 5.02 Å². The van der Waals surface area contributed by atoms with Crippen LogP contribution in [0.4, 0.5) is 15.8 Å². The van der Waals surface area contributed by atoms with E-state index in [1.807, 2.05) is 24.3 Å². The number of anilines is 2. The van der Waals surface area contributed by atoms with Crippen molar-refractivity contribution in [2.75, 3.05) is 29.1 Å². The van der Waals surface area contributed by atoms with Crippen LogP contribution in [0.1, 0.15) is 24.8 Å². The number of hydrogen-bond acceptors (Lipinski definition) is 3. The quantitative estimate of drug-likeness (QED) is 0.720. The lowest BCUT2D eigenvalue weighted by atomic mass is 10.1. The number of rotatable bonds is 6. The molecule has 0 spiro atoms. The van der Waals surface area contributed by atoms with E-state index < -0.39 is 0 Å².